The van der Waals surface area contributed by atoms with Crippen LogP contribution in [0.2, 0.25) is 0 Å². The zero-order chi connectivity index (χ0) is 12.0. The van der Waals surface area contributed by atoms with E-state index in [1.54, 1.807) is 6.92 Å². The molecule has 0 amide bonds. The van der Waals surface area contributed by atoms with Gasteiger partial charge in [-0.2, -0.15) is 0 Å². The zero-order valence-electron chi connectivity index (χ0n) is 10.0. The number of aryl methyl sites for hydroxylation is 1. The maximum absolute atomic E-state index is 11.7. The highest BCUT2D eigenvalue weighted by molar-refractivity contribution is 5.06. The van der Waals surface area contributed by atoms with Crippen molar-refractivity contribution in [3.05, 3.63) is 22.1 Å². The van der Waals surface area contributed by atoms with Crippen LogP contribution < -0.4 is 10.3 Å². The van der Waals surface area contributed by atoms with Crippen LogP contribution in [0.15, 0.2) is 10.9 Å². The molecule has 1 aromatic heterocycles. The Hall–Kier alpha value is -1.36. The third kappa shape index (κ3) is 3.34. The van der Waals surface area contributed by atoms with Crippen molar-refractivity contribution in [2.75, 3.05) is 20.3 Å². The molecule has 5 heteroatoms. The van der Waals surface area contributed by atoms with Gasteiger partial charge in [-0.1, -0.05) is 0 Å². The van der Waals surface area contributed by atoms with Crippen molar-refractivity contribution in [3.8, 4) is 6.01 Å². The predicted octanol–water partition coefficient (Wildman–Crippen LogP) is 0.987. The van der Waals surface area contributed by atoms with E-state index >= 15 is 0 Å². The number of nitrogens with zero attached hydrogens (tertiary/aromatic N) is 2. The second-order valence-corrected chi connectivity index (χ2v) is 3.42. The van der Waals surface area contributed by atoms with E-state index in [1.807, 2.05) is 6.92 Å². The molecular formula is C11H18N2O3. The quantitative estimate of drug-likeness (QED) is 0.679. The van der Waals surface area contributed by atoms with E-state index in [1.165, 1.54) is 17.7 Å². The minimum absolute atomic E-state index is 0.0825. The molecule has 5 nitrogen and oxygen atoms in total. The number of hydrogen-bond acceptors (Lipinski definition) is 4. The van der Waals surface area contributed by atoms with Crippen molar-refractivity contribution >= 4 is 0 Å². The molecule has 1 aromatic rings. The van der Waals surface area contributed by atoms with Gasteiger partial charge in [-0.3, -0.25) is 9.36 Å². The Bertz CT molecular complexity index is 387. The summed E-state index contributed by atoms with van der Waals surface area (Å²) in [5.41, 5.74) is 0.587. The van der Waals surface area contributed by atoms with Gasteiger partial charge in [0.2, 0.25) is 0 Å². The first-order valence-corrected chi connectivity index (χ1v) is 5.39. The summed E-state index contributed by atoms with van der Waals surface area (Å²) in [5.74, 6) is 0. The first kappa shape index (κ1) is 12.7. The van der Waals surface area contributed by atoms with Gasteiger partial charge in [0.05, 0.1) is 7.11 Å². The van der Waals surface area contributed by atoms with Gasteiger partial charge >= 0.3 is 0 Å². The van der Waals surface area contributed by atoms with Crippen molar-refractivity contribution in [1.82, 2.24) is 9.55 Å². The van der Waals surface area contributed by atoms with Crippen LogP contribution in [0.1, 0.15) is 19.0 Å². The summed E-state index contributed by atoms with van der Waals surface area (Å²) in [6, 6.07) is 1.87. The maximum Gasteiger partial charge on any atom is 0.299 e. The molecular weight excluding hydrogens is 208 g/mol. The van der Waals surface area contributed by atoms with Crippen molar-refractivity contribution in [3.63, 3.8) is 0 Å². The Morgan fingerprint density at radius 2 is 2.25 bits per heavy atom. The Morgan fingerprint density at radius 1 is 1.50 bits per heavy atom. The van der Waals surface area contributed by atoms with E-state index in [9.17, 15) is 4.79 Å². The van der Waals surface area contributed by atoms with Crippen LogP contribution >= 0.6 is 0 Å². The minimum Gasteiger partial charge on any atom is -0.468 e. The van der Waals surface area contributed by atoms with E-state index in [2.05, 4.69) is 4.98 Å². The van der Waals surface area contributed by atoms with Crippen LogP contribution in [0.25, 0.3) is 0 Å². The summed E-state index contributed by atoms with van der Waals surface area (Å²) in [6.07, 6.45) is 0.773. The fourth-order valence-electron chi connectivity index (χ4n) is 1.43. The van der Waals surface area contributed by atoms with Gasteiger partial charge in [0, 0.05) is 31.5 Å². The molecule has 0 radical (unpaired) electrons. The lowest BCUT2D eigenvalue weighted by molar-refractivity contribution is 0.140. The van der Waals surface area contributed by atoms with E-state index in [0.29, 0.717) is 31.5 Å². The summed E-state index contributed by atoms with van der Waals surface area (Å²) >= 11 is 0. The topological polar surface area (TPSA) is 53.4 Å². The molecule has 0 unspecified atom stereocenters. The van der Waals surface area contributed by atoms with Crippen LogP contribution in [-0.2, 0) is 11.3 Å². The van der Waals surface area contributed by atoms with Crippen LogP contribution in [0, 0.1) is 6.92 Å². The molecule has 1 heterocycles. The molecule has 0 aromatic carbocycles. The number of rotatable bonds is 6. The smallest absolute Gasteiger partial charge is 0.299 e. The van der Waals surface area contributed by atoms with Gasteiger partial charge in [-0.05, 0) is 20.3 Å². The Balaban J connectivity index is 2.74. The predicted molar refractivity (Wildman–Crippen MR) is 60.9 cm³/mol. The maximum atomic E-state index is 11.7. The summed E-state index contributed by atoms with van der Waals surface area (Å²) in [7, 11) is 1.51. The fourth-order valence-corrected chi connectivity index (χ4v) is 1.43. The second-order valence-electron chi connectivity index (χ2n) is 3.42. The van der Waals surface area contributed by atoms with Crippen molar-refractivity contribution < 1.29 is 9.47 Å². The summed E-state index contributed by atoms with van der Waals surface area (Å²) in [6.45, 7) is 5.61. The lowest BCUT2D eigenvalue weighted by atomic mass is 10.4. The molecule has 0 aliphatic rings. The normalized spacial score (nSPS) is 10.4. The highest BCUT2D eigenvalue weighted by Gasteiger charge is 2.06. The molecule has 0 aliphatic carbocycles. The zero-order valence-corrected chi connectivity index (χ0v) is 10.0. The lowest BCUT2D eigenvalue weighted by Gasteiger charge is -2.10. The van der Waals surface area contributed by atoms with Crippen molar-refractivity contribution in [1.29, 1.82) is 0 Å². The molecule has 0 spiro atoms. The number of methoxy groups -OCH3 is 1. The molecule has 0 N–H and O–H groups in total. The third-order valence-electron chi connectivity index (χ3n) is 2.16. The van der Waals surface area contributed by atoms with Gasteiger partial charge in [0.25, 0.3) is 11.6 Å². The van der Waals surface area contributed by atoms with E-state index in [0.717, 1.165) is 6.42 Å². The van der Waals surface area contributed by atoms with Crippen molar-refractivity contribution in [2.24, 2.45) is 0 Å². The molecule has 0 bridgehead atoms. The Labute approximate surface area is 95.0 Å². The Morgan fingerprint density at radius 3 is 2.88 bits per heavy atom. The lowest BCUT2D eigenvalue weighted by Crippen LogP contribution is -2.23. The summed E-state index contributed by atoms with van der Waals surface area (Å²) < 4.78 is 11.8. The third-order valence-corrected chi connectivity index (χ3v) is 2.16. The van der Waals surface area contributed by atoms with E-state index in [-0.39, 0.29) is 5.56 Å². The average Bonchev–Trinajstić information content (AvgIpc) is 2.26. The first-order valence-electron chi connectivity index (χ1n) is 5.39. The average molecular weight is 226 g/mol. The molecule has 16 heavy (non-hydrogen) atoms. The number of aromatic nitrogens is 2. The molecule has 0 saturated heterocycles. The molecule has 0 atom stereocenters. The number of ether oxygens (including phenoxy) is 2. The summed E-state index contributed by atoms with van der Waals surface area (Å²) in [4.78, 5) is 15.8. The van der Waals surface area contributed by atoms with Gasteiger partial charge in [0.1, 0.15) is 0 Å². The molecule has 0 aliphatic heterocycles. The minimum atomic E-state index is -0.0825. The SMILES string of the molecule is CCOCCCn1c(OC)nc(C)cc1=O. The number of hydrogen-bond donors (Lipinski definition) is 0. The molecule has 0 saturated carbocycles. The standard InChI is InChI=1S/C11H18N2O3/c1-4-16-7-5-6-13-10(14)8-9(2)12-11(13)15-3/h8H,4-7H2,1-3H3. The molecule has 90 valence electrons. The van der Waals surface area contributed by atoms with Gasteiger partial charge in [0.15, 0.2) is 0 Å². The van der Waals surface area contributed by atoms with Gasteiger partial charge in [-0.25, -0.2) is 4.98 Å². The highest BCUT2D eigenvalue weighted by atomic mass is 16.5. The van der Waals surface area contributed by atoms with Crippen LogP contribution in [0.5, 0.6) is 6.01 Å². The van der Waals surface area contributed by atoms with Gasteiger partial charge < -0.3 is 9.47 Å². The van der Waals surface area contributed by atoms with Crippen LogP contribution in [0.4, 0.5) is 0 Å². The van der Waals surface area contributed by atoms with Crippen molar-refractivity contribution in [2.45, 2.75) is 26.8 Å². The largest absolute Gasteiger partial charge is 0.468 e. The van der Waals surface area contributed by atoms with E-state index < -0.39 is 0 Å². The second kappa shape index (κ2) is 6.27. The fraction of sp³-hybridized carbons (Fsp3) is 0.636. The van der Waals surface area contributed by atoms with E-state index in [4.69, 9.17) is 9.47 Å². The Kier molecular flexibility index (Phi) is 4.98. The first-order chi connectivity index (χ1) is 7.69. The molecule has 0 fully saturated rings. The van der Waals surface area contributed by atoms with Crippen LogP contribution in [-0.4, -0.2) is 29.9 Å². The highest BCUT2D eigenvalue weighted by Crippen LogP contribution is 2.04. The summed E-state index contributed by atoms with van der Waals surface area (Å²) in [5, 5.41) is 0. The van der Waals surface area contributed by atoms with Crippen LogP contribution in [0.3, 0.4) is 0 Å². The monoisotopic (exact) mass is 226 g/mol. The molecule has 1 rings (SSSR count). The van der Waals surface area contributed by atoms with Gasteiger partial charge in [-0.15, -0.1) is 0 Å².